The highest BCUT2D eigenvalue weighted by molar-refractivity contribution is 9.10. The maximum atomic E-state index is 10.4. The van der Waals surface area contributed by atoms with E-state index in [1.807, 2.05) is 38.1 Å². The second-order valence-electron chi connectivity index (χ2n) is 4.49. The SMILES string of the molecule is Cc1cc(C)cc(C(O)c2ccc(Br)cc2Cl)c1. The third kappa shape index (κ3) is 2.94. The molecule has 0 bridgehead atoms. The number of aliphatic hydroxyl groups is 1. The van der Waals surface area contributed by atoms with E-state index in [0.717, 1.165) is 26.7 Å². The van der Waals surface area contributed by atoms with Crippen LogP contribution in [-0.2, 0) is 0 Å². The van der Waals surface area contributed by atoms with E-state index in [0.29, 0.717) is 5.02 Å². The Balaban J connectivity index is 2.44. The van der Waals surface area contributed by atoms with Crippen molar-refractivity contribution in [3.8, 4) is 0 Å². The van der Waals surface area contributed by atoms with E-state index < -0.39 is 6.10 Å². The maximum Gasteiger partial charge on any atom is 0.106 e. The largest absolute Gasteiger partial charge is 0.384 e. The van der Waals surface area contributed by atoms with Crippen molar-refractivity contribution in [2.75, 3.05) is 0 Å². The van der Waals surface area contributed by atoms with Gasteiger partial charge in [-0.1, -0.05) is 62.9 Å². The molecule has 1 atom stereocenters. The van der Waals surface area contributed by atoms with E-state index in [1.165, 1.54) is 0 Å². The lowest BCUT2D eigenvalue weighted by Gasteiger charge is -2.15. The van der Waals surface area contributed by atoms with E-state index >= 15 is 0 Å². The lowest BCUT2D eigenvalue weighted by atomic mass is 9.98. The molecule has 0 aromatic heterocycles. The van der Waals surface area contributed by atoms with Gasteiger partial charge in [-0.3, -0.25) is 0 Å². The predicted octanol–water partition coefficient (Wildman–Crippen LogP) is 4.80. The van der Waals surface area contributed by atoms with Crippen LogP contribution in [0.3, 0.4) is 0 Å². The fraction of sp³-hybridized carbons (Fsp3) is 0.200. The van der Waals surface area contributed by atoms with Crippen molar-refractivity contribution in [2.45, 2.75) is 20.0 Å². The van der Waals surface area contributed by atoms with Gasteiger partial charge in [0.2, 0.25) is 0 Å². The highest BCUT2D eigenvalue weighted by Crippen LogP contribution is 2.31. The van der Waals surface area contributed by atoms with E-state index in [-0.39, 0.29) is 0 Å². The first-order chi connectivity index (χ1) is 8.47. The molecule has 0 amide bonds. The number of halogens is 2. The monoisotopic (exact) mass is 324 g/mol. The predicted molar refractivity (Wildman–Crippen MR) is 79.1 cm³/mol. The zero-order valence-corrected chi connectivity index (χ0v) is 12.6. The smallest absolute Gasteiger partial charge is 0.106 e. The number of hydrogen-bond donors (Lipinski definition) is 1. The molecule has 0 spiro atoms. The van der Waals surface area contributed by atoms with Crippen LogP contribution in [0, 0.1) is 13.8 Å². The van der Waals surface area contributed by atoms with Gasteiger partial charge in [0.05, 0.1) is 0 Å². The van der Waals surface area contributed by atoms with Gasteiger partial charge >= 0.3 is 0 Å². The Morgan fingerprint density at radius 1 is 1.06 bits per heavy atom. The van der Waals surface area contributed by atoms with Gasteiger partial charge in [0.25, 0.3) is 0 Å². The standard InChI is InChI=1S/C15H14BrClO/c1-9-5-10(2)7-11(6-9)15(18)13-4-3-12(16)8-14(13)17/h3-8,15,18H,1-2H3. The molecule has 0 fully saturated rings. The van der Waals surface area contributed by atoms with Crippen molar-refractivity contribution in [3.05, 3.63) is 68.1 Å². The topological polar surface area (TPSA) is 20.2 Å². The molecule has 1 unspecified atom stereocenters. The van der Waals surface area contributed by atoms with Crippen molar-refractivity contribution in [1.29, 1.82) is 0 Å². The molecule has 1 N–H and O–H groups in total. The van der Waals surface area contributed by atoms with Crippen LogP contribution in [-0.4, -0.2) is 5.11 Å². The number of rotatable bonds is 2. The third-order valence-electron chi connectivity index (χ3n) is 2.82. The van der Waals surface area contributed by atoms with Crippen molar-refractivity contribution in [1.82, 2.24) is 0 Å². The second-order valence-corrected chi connectivity index (χ2v) is 5.81. The van der Waals surface area contributed by atoms with Crippen LogP contribution in [0.4, 0.5) is 0 Å². The summed E-state index contributed by atoms with van der Waals surface area (Å²) in [5, 5.41) is 11.0. The first-order valence-corrected chi connectivity index (χ1v) is 6.85. The molecular weight excluding hydrogens is 312 g/mol. The van der Waals surface area contributed by atoms with Crippen LogP contribution in [0.25, 0.3) is 0 Å². The fourth-order valence-electron chi connectivity index (χ4n) is 2.07. The summed E-state index contributed by atoms with van der Waals surface area (Å²) in [6.07, 6.45) is -0.691. The van der Waals surface area contributed by atoms with Crippen LogP contribution in [0.1, 0.15) is 28.4 Å². The minimum atomic E-state index is -0.691. The molecule has 0 saturated heterocycles. The summed E-state index contributed by atoms with van der Waals surface area (Å²) in [5.74, 6) is 0. The van der Waals surface area contributed by atoms with Crippen LogP contribution in [0.2, 0.25) is 5.02 Å². The van der Waals surface area contributed by atoms with Crippen LogP contribution in [0.5, 0.6) is 0 Å². The van der Waals surface area contributed by atoms with E-state index in [1.54, 1.807) is 6.07 Å². The van der Waals surface area contributed by atoms with Crippen molar-refractivity contribution < 1.29 is 5.11 Å². The summed E-state index contributed by atoms with van der Waals surface area (Å²) in [7, 11) is 0. The Morgan fingerprint density at radius 3 is 2.22 bits per heavy atom. The molecule has 0 aliphatic rings. The van der Waals surface area contributed by atoms with E-state index in [4.69, 9.17) is 11.6 Å². The first kappa shape index (κ1) is 13.6. The molecule has 1 nitrogen and oxygen atoms in total. The van der Waals surface area contributed by atoms with E-state index in [9.17, 15) is 5.11 Å². The van der Waals surface area contributed by atoms with Gasteiger partial charge < -0.3 is 5.11 Å². The summed E-state index contributed by atoms with van der Waals surface area (Å²) >= 11 is 9.52. The molecule has 0 saturated carbocycles. The Bertz CT molecular complexity index is 560. The van der Waals surface area contributed by atoms with Gasteiger partial charge in [-0.2, -0.15) is 0 Å². The Kier molecular flexibility index (Phi) is 4.10. The summed E-state index contributed by atoms with van der Waals surface area (Å²) in [5.41, 5.74) is 3.87. The molecular formula is C15H14BrClO. The normalized spacial score (nSPS) is 12.5. The molecule has 0 radical (unpaired) electrons. The average molecular weight is 326 g/mol. The maximum absolute atomic E-state index is 10.4. The van der Waals surface area contributed by atoms with Gasteiger partial charge in [0.15, 0.2) is 0 Å². The minimum absolute atomic E-state index is 0.566. The lowest BCUT2D eigenvalue weighted by molar-refractivity contribution is 0.220. The van der Waals surface area contributed by atoms with Crippen molar-refractivity contribution >= 4 is 27.5 Å². The Morgan fingerprint density at radius 2 is 1.67 bits per heavy atom. The minimum Gasteiger partial charge on any atom is -0.384 e. The molecule has 94 valence electrons. The number of aliphatic hydroxyl groups excluding tert-OH is 1. The third-order valence-corrected chi connectivity index (χ3v) is 3.64. The highest BCUT2D eigenvalue weighted by Gasteiger charge is 2.14. The van der Waals surface area contributed by atoms with Crippen LogP contribution < -0.4 is 0 Å². The summed E-state index contributed by atoms with van der Waals surface area (Å²) < 4.78 is 0.906. The molecule has 0 heterocycles. The van der Waals surface area contributed by atoms with Crippen LogP contribution in [0.15, 0.2) is 40.9 Å². The van der Waals surface area contributed by atoms with Crippen molar-refractivity contribution in [2.24, 2.45) is 0 Å². The Labute approximate surface area is 121 Å². The summed E-state index contributed by atoms with van der Waals surface area (Å²) in [6, 6.07) is 11.6. The summed E-state index contributed by atoms with van der Waals surface area (Å²) in [6.45, 7) is 4.04. The lowest BCUT2D eigenvalue weighted by Crippen LogP contribution is -2.01. The first-order valence-electron chi connectivity index (χ1n) is 5.68. The van der Waals surface area contributed by atoms with Gasteiger partial charge in [0, 0.05) is 15.1 Å². The molecule has 2 aromatic rings. The van der Waals surface area contributed by atoms with Gasteiger partial charge in [-0.05, 0) is 31.5 Å². The molecule has 0 aliphatic heterocycles. The van der Waals surface area contributed by atoms with Crippen LogP contribution >= 0.6 is 27.5 Å². The quantitative estimate of drug-likeness (QED) is 0.841. The number of benzene rings is 2. The van der Waals surface area contributed by atoms with Gasteiger partial charge in [-0.15, -0.1) is 0 Å². The zero-order valence-electron chi connectivity index (χ0n) is 10.2. The second kappa shape index (κ2) is 5.43. The van der Waals surface area contributed by atoms with Gasteiger partial charge in [0.1, 0.15) is 6.10 Å². The Hall–Kier alpha value is -0.830. The molecule has 2 aromatic carbocycles. The molecule has 0 aliphatic carbocycles. The molecule has 3 heteroatoms. The van der Waals surface area contributed by atoms with Gasteiger partial charge in [-0.25, -0.2) is 0 Å². The summed E-state index contributed by atoms with van der Waals surface area (Å²) in [4.78, 5) is 0. The number of aryl methyl sites for hydroxylation is 2. The number of hydrogen-bond acceptors (Lipinski definition) is 1. The molecule has 2 rings (SSSR count). The van der Waals surface area contributed by atoms with Crippen molar-refractivity contribution in [3.63, 3.8) is 0 Å². The average Bonchev–Trinajstić information content (AvgIpc) is 2.26. The highest BCUT2D eigenvalue weighted by atomic mass is 79.9. The molecule has 18 heavy (non-hydrogen) atoms. The zero-order chi connectivity index (χ0) is 13.3. The fourth-order valence-corrected chi connectivity index (χ4v) is 2.85. The van der Waals surface area contributed by atoms with E-state index in [2.05, 4.69) is 22.0 Å².